The largest absolute Gasteiger partial charge is 0.381 e. The van der Waals surface area contributed by atoms with Crippen LogP contribution in [0.15, 0.2) is 18.3 Å². The van der Waals surface area contributed by atoms with Crippen molar-refractivity contribution in [2.24, 2.45) is 11.3 Å². The number of carbonyl (C=O) groups is 1. The molecule has 124 valence electrons. The number of halogens is 1. The minimum absolute atomic E-state index is 0.0335. The first-order valence-electron chi connectivity index (χ1n) is 8.45. The van der Waals surface area contributed by atoms with Crippen LogP contribution in [0.5, 0.6) is 0 Å². The van der Waals surface area contributed by atoms with Gasteiger partial charge in [-0.1, -0.05) is 18.0 Å². The highest BCUT2D eigenvalue weighted by Gasteiger charge is 2.59. The van der Waals surface area contributed by atoms with Crippen molar-refractivity contribution in [3.8, 4) is 0 Å². The van der Waals surface area contributed by atoms with Crippen LogP contribution < -0.4 is 5.32 Å². The van der Waals surface area contributed by atoms with Crippen LogP contribution in [0.25, 0.3) is 0 Å². The van der Waals surface area contributed by atoms with Crippen LogP contribution in [0.2, 0.25) is 5.02 Å². The molecule has 3 heterocycles. The molecule has 0 bridgehead atoms. The van der Waals surface area contributed by atoms with E-state index in [9.17, 15) is 4.79 Å². The van der Waals surface area contributed by atoms with E-state index in [-0.39, 0.29) is 6.03 Å². The molecule has 5 nitrogen and oxygen atoms in total. The third-order valence-corrected chi connectivity index (χ3v) is 5.96. The van der Waals surface area contributed by atoms with Gasteiger partial charge in [-0.2, -0.15) is 0 Å². The Morgan fingerprint density at radius 1 is 1.35 bits per heavy atom. The number of aromatic nitrogens is 1. The molecule has 0 radical (unpaired) electrons. The molecule has 2 amide bonds. The van der Waals surface area contributed by atoms with Gasteiger partial charge >= 0.3 is 6.03 Å². The second kappa shape index (κ2) is 5.95. The minimum atomic E-state index is -0.0335. The van der Waals surface area contributed by atoms with Gasteiger partial charge in [-0.3, -0.25) is 5.32 Å². The highest BCUT2D eigenvalue weighted by atomic mass is 35.5. The second-order valence-corrected chi connectivity index (χ2v) is 7.47. The van der Waals surface area contributed by atoms with Crippen molar-refractivity contribution in [2.75, 3.05) is 25.1 Å². The van der Waals surface area contributed by atoms with Gasteiger partial charge in [0.15, 0.2) is 0 Å². The zero-order valence-electron chi connectivity index (χ0n) is 13.1. The van der Waals surface area contributed by atoms with E-state index in [1.54, 1.807) is 18.3 Å². The third-order valence-electron chi connectivity index (χ3n) is 5.73. The average Bonchev–Trinajstić information content (AvgIpc) is 2.48. The van der Waals surface area contributed by atoms with Gasteiger partial charge in [-0.15, -0.1) is 0 Å². The maximum absolute atomic E-state index is 12.7. The number of urea groups is 1. The third kappa shape index (κ3) is 2.70. The molecule has 1 N–H and O–H groups in total. The fraction of sp³-hybridized carbons (Fsp3) is 0.647. The molecule has 2 aliphatic heterocycles. The van der Waals surface area contributed by atoms with Gasteiger partial charge in [0.05, 0.1) is 5.02 Å². The standard InChI is InChI=1S/C17H22ClN3O2/c18-13-2-3-14(19-10-13)20-16(22)21-11-17(6-1-7-17)15(21)12-4-8-23-9-5-12/h2-3,10,12,15H,1,4-9,11H2,(H,19,20,22). The molecule has 1 atom stereocenters. The molecule has 1 aliphatic carbocycles. The zero-order chi connectivity index (χ0) is 15.9. The fourth-order valence-electron chi connectivity index (χ4n) is 4.45. The average molecular weight is 336 g/mol. The molecule has 3 fully saturated rings. The molecule has 23 heavy (non-hydrogen) atoms. The van der Waals surface area contributed by atoms with Gasteiger partial charge in [0.25, 0.3) is 0 Å². The van der Waals surface area contributed by atoms with E-state index >= 15 is 0 Å². The highest BCUT2D eigenvalue weighted by molar-refractivity contribution is 6.30. The number of rotatable bonds is 2. The lowest BCUT2D eigenvalue weighted by Crippen LogP contribution is -2.72. The van der Waals surface area contributed by atoms with Crippen molar-refractivity contribution in [2.45, 2.75) is 38.1 Å². The van der Waals surface area contributed by atoms with Crippen LogP contribution in [0.1, 0.15) is 32.1 Å². The summed E-state index contributed by atoms with van der Waals surface area (Å²) in [5.74, 6) is 1.13. The number of pyridine rings is 1. The Hall–Kier alpha value is -1.33. The summed E-state index contributed by atoms with van der Waals surface area (Å²) in [5.41, 5.74) is 0.382. The maximum Gasteiger partial charge on any atom is 0.323 e. The Bertz CT molecular complexity index is 582. The van der Waals surface area contributed by atoms with Gasteiger partial charge in [0.2, 0.25) is 0 Å². The molecule has 1 unspecified atom stereocenters. The summed E-state index contributed by atoms with van der Waals surface area (Å²) in [6.45, 7) is 2.53. The van der Waals surface area contributed by atoms with Crippen LogP contribution in [0.3, 0.4) is 0 Å². The Labute approximate surface area is 141 Å². The number of nitrogens with zero attached hydrogens (tertiary/aromatic N) is 2. The number of carbonyl (C=O) groups excluding carboxylic acids is 1. The van der Waals surface area contributed by atoms with Crippen molar-refractivity contribution in [1.29, 1.82) is 0 Å². The lowest BCUT2D eigenvalue weighted by atomic mass is 9.54. The summed E-state index contributed by atoms with van der Waals surface area (Å²) in [6.07, 6.45) is 7.51. The fourth-order valence-corrected chi connectivity index (χ4v) is 4.56. The first-order chi connectivity index (χ1) is 11.2. The number of hydrogen-bond acceptors (Lipinski definition) is 3. The normalized spacial score (nSPS) is 26.5. The predicted octanol–water partition coefficient (Wildman–Crippen LogP) is 3.55. The number of nitrogens with one attached hydrogen (secondary N) is 1. The van der Waals surface area contributed by atoms with Crippen LogP contribution in [-0.2, 0) is 4.74 Å². The number of likely N-dealkylation sites (tertiary alicyclic amines) is 1. The van der Waals surface area contributed by atoms with Crippen molar-refractivity contribution in [1.82, 2.24) is 9.88 Å². The topological polar surface area (TPSA) is 54.5 Å². The molecule has 2 saturated heterocycles. The quantitative estimate of drug-likeness (QED) is 0.899. The Morgan fingerprint density at radius 3 is 2.74 bits per heavy atom. The van der Waals surface area contributed by atoms with Crippen LogP contribution in [0, 0.1) is 11.3 Å². The minimum Gasteiger partial charge on any atom is -0.381 e. The molecule has 3 aliphatic rings. The smallest absolute Gasteiger partial charge is 0.323 e. The van der Waals surface area contributed by atoms with E-state index in [0.29, 0.717) is 28.2 Å². The molecule has 1 saturated carbocycles. The summed E-state index contributed by atoms with van der Waals surface area (Å²) in [4.78, 5) is 18.8. The molecule has 1 aromatic rings. The van der Waals surface area contributed by atoms with E-state index in [0.717, 1.165) is 32.6 Å². The molecule has 1 aromatic heterocycles. The van der Waals surface area contributed by atoms with Crippen LogP contribution >= 0.6 is 11.6 Å². The first-order valence-corrected chi connectivity index (χ1v) is 8.83. The second-order valence-electron chi connectivity index (χ2n) is 7.03. The van der Waals surface area contributed by atoms with E-state index in [2.05, 4.69) is 10.3 Å². The van der Waals surface area contributed by atoms with Gasteiger partial charge in [-0.25, -0.2) is 9.78 Å². The van der Waals surface area contributed by atoms with Crippen LogP contribution in [0.4, 0.5) is 10.6 Å². The predicted molar refractivity (Wildman–Crippen MR) is 88.6 cm³/mol. The summed E-state index contributed by atoms with van der Waals surface area (Å²) in [6, 6.07) is 3.81. The monoisotopic (exact) mass is 335 g/mol. The van der Waals surface area contributed by atoms with Gasteiger partial charge in [0, 0.05) is 37.4 Å². The zero-order valence-corrected chi connectivity index (χ0v) is 13.9. The number of hydrogen-bond donors (Lipinski definition) is 1. The number of ether oxygens (including phenoxy) is 1. The summed E-state index contributed by atoms with van der Waals surface area (Å²) < 4.78 is 5.50. The molecular formula is C17H22ClN3O2. The van der Waals surface area contributed by atoms with Crippen molar-refractivity contribution >= 4 is 23.4 Å². The molecule has 4 rings (SSSR count). The summed E-state index contributed by atoms with van der Waals surface area (Å²) >= 11 is 5.84. The Kier molecular flexibility index (Phi) is 3.93. The van der Waals surface area contributed by atoms with Gasteiger partial charge in [-0.05, 0) is 43.7 Å². The van der Waals surface area contributed by atoms with E-state index < -0.39 is 0 Å². The summed E-state index contributed by atoms with van der Waals surface area (Å²) in [7, 11) is 0. The van der Waals surface area contributed by atoms with E-state index in [4.69, 9.17) is 16.3 Å². The SMILES string of the molecule is O=C(Nc1ccc(Cl)cn1)N1CC2(CCC2)C1C1CCOCC1. The Morgan fingerprint density at radius 2 is 2.13 bits per heavy atom. The lowest BCUT2D eigenvalue weighted by molar-refractivity contribution is -0.135. The van der Waals surface area contributed by atoms with E-state index in [1.165, 1.54) is 19.3 Å². The van der Waals surface area contributed by atoms with Gasteiger partial charge < -0.3 is 9.64 Å². The van der Waals surface area contributed by atoms with Crippen molar-refractivity contribution in [3.05, 3.63) is 23.4 Å². The van der Waals surface area contributed by atoms with Gasteiger partial charge in [0.1, 0.15) is 5.82 Å². The Balaban J connectivity index is 1.46. The van der Waals surface area contributed by atoms with Crippen molar-refractivity contribution in [3.63, 3.8) is 0 Å². The lowest BCUT2D eigenvalue weighted by Gasteiger charge is -2.64. The first kappa shape index (κ1) is 15.2. The highest BCUT2D eigenvalue weighted by Crippen LogP contribution is 2.56. The number of amides is 2. The molecular weight excluding hydrogens is 314 g/mol. The van der Waals surface area contributed by atoms with E-state index in [1.807, 2.05) is 4.90 Å². The molecule has 6 heteroatoms. The summed E-state index contributed by atoms with van der Waals surface area (Å²) in [5, 5.41) is 3.48. The van der Waals surface area contributed by atoms with Crippen LogP contribution in [-0.4, -0.2) is 41.7 Å². The molecule has 0 aromatic carbocycles. The number of anilines is 1. The maximum atomic E-state index is 12.7. The molecule has 1 spiro atoms. The van der Waals surface area contributed by atoms with Crippen molar-refractivity contribution < 1.29 is 9.53 Å².